The molecule has 5 heterocycles. The maximum absolute atomic E-state index is 12.4. The number of hydrogen-bond donors (Lipinski definition) is 1. The molecule has 0 saturated carbocycles. The van der Waals surface area contributed by atoms with Crippen molar-refractivity contribution in [1.82, 2.24) is 14.9 Å². The molecule has 1 aromatic heterocycles. The van der Waals surface area contributed by atoms with E-state index in [1.807, 2.05) is 0 Å². The SMILES string of the molecule is FCc1cnc(NC2=NC[C@@]3(CN4CCC3CC4)O2)cn1. The molecule has 4 aliphatic rings. The van der Waals surface area contributed by atoms with Crippen molar-refractivity contribution in [2.45, 2.75) is 25.1 Å². The summed E-state index contributed by atoms with van der Waals surface area (Å²) in [5.74, 6) is 1.12. The number of rotatable bonds is 2. The third kappa shape index (κ3) is 2.25. The molecular formula is C14H18FN5O. The summed E-state index contributed by atoms with van der Waals surface area (Å²) < 4.78 is 18.6. The minimum Gasteiger partial charge on any atom is -0.455 e. The molecule has 0 unspecified atom stereocenters. The zero-order chi connectivity index (χ0) is 14.3. The minimum absolute atomic E-state index is 0.162. The van der Waals surface area contributed by atoms with E-state index in [2.05, 4.69) is 25.2 Å². The summed E-state index contributed by atoms with van der Waals surface area (Å²) >= 11 is 0. The van der Waals surface area contributed by atoms with Gasteiger partial charge in [0.25, 0.3) is 6.02 Å². The summed E-state index contributed by atoms with van der Waals surface area (Å²) in [6, 6.07) is 0.506. The van der Waals surface area contributed by atoms with Crippen molar-refractivity contribution in [2.75, 3.05) is 31.5 Å². The molecule has 2 bridgehead atoms. The summed E-state index contributed by atoms with van der Waals surface area (Å²) in [5.41, 5.74) is 0.161. The molecule has 5 rings (SSSR count). The zero-order valence-corrected chi connectivity index (χ0v) is 11.8. The largest absolute Gasteiger partial charge is 0.455 e. The Morgan fingerprint density at radius 1 is 1.33 bits per heavy atom. The fourth-order valence-electron chi connectivity index (χ4n) is 3.55. The van der Waals surface area contributed by atoms with Gasteiger partial charge in [-0.3, -0.25) is 15.2 Å². The van der Waals surface area contributed by atoms with E-state index in [-0.39, 0.29) is 5.60 Å². The van der Waals surface area contributed by atoms with E-state index in [1.165, 1.54) is 38.3 Å². The molecule has 6 nitrogen and oxygen atoms in total. The fraction of sp³-hybridized carbons (Fsp3) is 0.643. The second kappa shape index (κ2) is 4.91. The minimum atomic E-state index is -0.606. The Morgan fingerprint density at radius 2 is 2.19 bits per heavy atom. The molecule has 21 heavy (non-hydrogen) atoms. The Bertz CT molecular complexity index is 555. The molecule has 1 spiro atoms. The third-order valence-electron chi connectivity index (χ3n) is 4.69. The van der Waals surface area contributed by atoms with E-state index in [4.69, 9.17) is 4.74 Å². The molecule has 0 aliphatic carbocycles. The number of amidine groups is 1. The molecule has 112 valence electrons. The van der Waals surface area contributed by atoms with Crippen molar-refractivity contribution < 1.29 is 9.13 Å². The average Bonchev–Trinajstić information content (AvgIpc) is 2.91. The van der Waals surface area contributed by atoms with Gasteiger partial charge in [-0.25, -0.2) is 14.4 Å². The Kier molecular flexibility index (Phi) is 3.02. The van der Waals surface area contributed by atoms with Crippen LogP contribution in [0.5, 0.6) is 0 Å². The van der Waals surface area contributed by atoms with Crippen LogP contribution in [0.3, 0.4) is 0 Å². The molecule has 1 atom stereocenters. The van der Waals surface area contributed by atoms with Crippen molar-refractivity contribution in [2.24, 2.45) is 10.9 Å². The van der Waals surface area contributed by atoms with Gasteiger partial charge in [-0.05, 0) is 25.9 Å². The summed E-state index contributed by atoms with van der Waals surface area (Å²) in [4.78, 5) is 15.0. The number of ether oxygens (including phenoxy) is 1. The summed E-state index contributed by atoms with van der Waals surface area (Å²) in [6.45, 7) is 3.40. The first kappa shape index (κ1) is 12.9. The predicted molar refractivity (Wildman–Crippen MR) is 75.7 cm³/mol. The Hall–Kier alpha value is -1.76. The molecule has 7 heteroatoms. The van der Waals surface area contributed by atoms with Gasteiger partial charge in [0, 0.05) is 12.5 Å². The van der Waals surface area contributed by atoms with Crippen LogP contribution in [0.4, 0.5) is 10.2 Å². The van der Waals surface area contributed by atoms with Crippen LogP contribution in [0.25, 0.3) is 0 Å². The lowest BCUT2D eigenvalue weighted by molar-refractivity contribution is -0.0829. The topological polar surface area (TPSA) is 62.6 Å². The lowest BCUT2D eigenvalue weighted by atomic mass is 9.75. The number of piperidine rings is 3. The molecule has 3 saturated heterocycles. The van der Waals surface area contributed by atoms with E-state index in [0.29, 0.717) is 30.0 Å². The average molecular weight is 291 g/mol. The number of alkyl halides is 1. The number of nitrogens with one attached hydrogen (secondary N) is 1. The molecule has 0 radical (unpaired) electrons. The van der Waals surface area contributed by atoms with E-state index < -0.39 is 6.67 Å². The lowest BCUT2D eigenvalue weighted by Gasteiger charge is -2.50. The smallest absolute Gasteiger partial charge is 0.291 e. The normalized spacial score (nSPS) is 33.9. The van der Waals surface area contributed by atoms with Crippen molar-refractivity contribution in [3.8, 4) is 0 Å². The van der Waals surface area contributed by atoms with Gasteiger partial charge in [0.15, 0.2) is 5.82 Å². The van der Waals surface area contributed by atoms with Gasteiger partial charge in [0.05, 0.1) is 24.6 Å². The van der Waals surface area contributed by atoms with Crippen LogP contribution in [-0.2, 0) is 11.4 Å². The number of fused-ring (bicyclic) bond motifs is 2. The number of anilines is 1. The van der Waals surface area contributed by atoms with E-state index in [1.54, 1.807) is 0 Å². The second-order valence-electron chi connectivity index (χ2n) is 5.99. The van der Waals surface area contributed by atoms with E-state index in [9.17, 15) is 4.39 Å². The van der Waals surface area contributed by atoms with Crippen LogP contribution in [0.2, 0.25) is 0 Å². The molecular weight excluding hydrogens is 273 g/mol. The molecule has 0 aromatic carbocycles. The number of aromatic nitrogens is 2. The highest BCUT2D eigenvalue weighted by molar-refractivity contribution is 5.89. The molecule has 1 aromatic rings. The number of halogens is 1. The van der Waals surface area contributed by atoms with Crippen LogP contribution < -0.4 is 5.32 Å². The van der Waals surface area contributed by atoms with Gasteiger partial charge < -0.3 is 4.74 Å². The zero-order valence-electron chi connectivity index (χ0n) is 11.8. The van der Waals surface area contributed by atoms with Crippen molar-refractivity contribution in [3.63, 3.8) is 0 Å². The number of nitrogens with zero attached hydrogens (tertiary/aromatic N) is 4. The summed E-state index contributed by atoms with van der Waals surface area (Å²) in [7, 11) is 0. The maximum atomic E-state index is 12.4. The van der Waals surface area contributed by atoms with Crippen LogP contribution in [0.1, 0.15) is 18.5 Å². The predicted octanol–water partition coefficient (Wildman–Crippen LogP) is 1.21. The van der Waals surface area contributed by atoms with Gasteiger partial charge in [-0.1, -0.05) is 0 Å². The number of hydrogen-bond acceptors (Lipinski definition) is 6. The Labute approximate surface area is 122 Å². The van der Waals surface area contributed by atoms with Gasteiger partial charge in [0.1, 0.15) is 12.3 Å². The highest BCUT2D eigenvalue weighted by Crippen LogP contribution is 2.40. The van der Waals surface area contributed by atoms with E-state index in [0.717, 1.165) is 6.54 Å². The molecule has 1 N–H and O–H groups in total. The quantitative estimate of drug-likeness (QED) is 0.887. The lowest BCUT2D eigenvalue weighted by Crippen LogP contribution is -2.61. The molecule has 3 fully saturated rings. The molecule has 4 aliphatic heterocycles. The summed E-state index contributed by atoms with van der Waals surface area (Å²) in [6.07, 6.45) is 5.30. The van der Waals surface area contributed by atoms with Gasteiger partial charge in [0.2, 0.25) is 0 Å². The van der Waals surface area contributed by atoms with Crippen LogP contribution in [0, 0.1) is 5.92 Å². The van der Waals surface area contributed by atoms with Gasteiger partial charge in [-0.15, -0.1) is 0 Å². The fourth-order valence-corrected chi connectivity index (χ4v) is 3.55. The summed E-state index contributed by atoms with van der Waals surface area (Å²) in [5, 5.41) is 3.04. The van der Waals surface area contributed by atoms with Crippen LogP contribution in [-0.4, -0.2) is 52.7 Å². The van der Waals surface area contributed by atoms with Crippen LogP contribution >= 0.6 is 0 Å². The first-order chi connectivity index (χ1) is 10.3. The Morgan fingerprint density at radius 3 is 2.81 bits per heavy atom. The van der Waals surface area contributed by atoms with Crippen molar-refractivity contribution in [1.29, 1.82) is 0 Å². The standard InChI is InChI=1S/C14H18FN5O/c15-5-11-6-17-12(7-16-11)19-13-18-8-14(21-13)9-20-3-1-10(14)2-4-20/h6-7,10H,1-5,8-9H2,(H,17,18,19)/t14-/m0/s1. The van der Waals surface area contributed by atoms with Crippen molar-refractivity contribution >= 4 is 11.8 Å². The monoisotopic (exact) mass is 291 g/mol. The first-order valence-electron chi connectivity index (χ1n) is 7.37. The number of aliphatic imine (C=N–C) groups is 1. The van der Waals surface area contributed by atoms with Gasteiger partial charge >= 0.3 is 0 Å². The highest BCUT2D eigenvalue weighted by atomic mass is 19.1. The van der Waals surface area contributed by atoms with Crippen LogP contribution in [0.15, 0.2) is 17.4 Å². The molecule has 0 amide bonds. The van der Waals surface area contributed by atoms with E-state index >= 15 is 0 Å². The Balaban J connectivity index is 1.44. The van der Waals surface area contributed by atoms with Gasteiger partial charge in [-0.2, -0.15) is 0 Å². The second-order valence-corrected chi connectivity index (χ2v) is 5.99. The highest BCUT2D eigenvalue weighted by Gasteiger charge is 2.51. The van der Waals surface area contributed by atoms with Crippen molar-refractivity contribution in [3.05, 3.63) is 18.1 Å². The first-order valence-corrected chi connectivity index (χ1v) is 7.37. The third-order valence-corrected chi connectivity index (χ3v) is 4.69. The maximum Gasteiger partial charge on any atom is 0.291 e.